The lowest BCUT2D eigenvalue weighted by Gasteiger charge is -2.13. The van der Waals surface area contributed by atoms with Gasteiger partial charge in [0.15, 0.2) is 0 Å². The topological polar surface area (TPSA) is 12.9 Å². The van der Waals surface area contributed by atoms with E-state index in [1.54, 1.807) is 0 Å². The number of halogens is 3. The lowest BCUT2D eigenvalue weighted by atomic mass is 9.95. The van der Waals surface area contributed by atoms with E-state index in [-0.39, 0.29) is 0 Å². The van der Waals surface area contributed by atoms with Crippen molar-refractivity contribution in [2.45, 2.75) is 38.8 Å². The molecule has 0 aliphatic heterocycles. The first-order valence-electron chi connectivity index (χ1n) is 5.02. The SMILES string of the molecule is CCC(CC)c1ccc(C(F)(F)F)nc1. The number of alkyl halides is 3. The number of aromatic nitrogens is 1. The Morgan fingerprint density at radius 3 is 2.13 bits per heavy atom. The molecule has 0 saturated heterocycles. The summed E-state index contributed by atoms with van der Waals surface area (Å²) in [6.07, 6.45) is -1.17. The minimum Gasteiger partial charge on any atom is -0.251 e. The molecule has 4 heteroatoms. The monoisotopic (exact) mass is 217 g/mol. The second-order valence-corrected chi connectivity index (χ2v) is 3.49. The molecule has 0 saturated carbocycles. The highest BCUT2D eigenvalue weighted by Gasteiger charge is 2.32. The first kappa shape index (κ1) is 12.0. The van der Waals surface area contributed by atoms with Crippen LogP contribution in [0.4, 0.5) is 13.2 Å². The Morgan fingerprint density at radius 2 is 1.80 bits per heavy atom. The van der Waals surface area contributed by atoms with Crippen LogP contribution < -0.4 is 0 Å². The predicted molar refractivity (Wildman–Crippen MR) is 52.6 cm³/mol. The van der Waals surface area contributed by atoms with Gasteiger partial charge in [0.1, 0.15) is 5.69 Å². The van der Waals surface area contributed by atoms with E-state index in [1.165, 1.54) is 12.3 Å². The maximum absolute atomic E-state index is 12.2. The summed E-state index contributed by atoms with van der Waals surface area (Å²) in [6, 6.07) is 2.57. The van der Waals surface area contributed by atoms with E-state index in [1.807, 2.05) is 13.8 Å². The van der Waals surface area contributed by atoms with Gasteiger partial charge in [-0.05, 0) is 30.4 Å². The van der Waals surface area contributed by atoms with Crippen LogP contribution in [-0.4, -0.2) is 4.98 Å². The van der Waals surface area contributed by atoms with E-state index >= 15 is 0 Å². The van der Waals surface area contributed by atoms with Crippen LogP contribution >= 0.6 is 0 Å². The zero-order chi connectivity index (χ0) is 11.5. The third-order valence-electron chi connectivity index (χ3n) is 2.53. The third-order valence-corrected chi connectivity index (χ3v) is 2.53. The zero-order valence-electron chi connectivity index (χ0n) is 8.80. The van der Waals surface area contributed by atoms with Gasteiger partial charge in [0.25, 0.3) is 0 Å². The van der Waals surface area contributed by atoms with Gasteiger partial charge in [-0.15, -0.1) is 0 Å². The van der Waals surface area contributed by atoms with Gasteiger partial charge >= 0.3 is 6.18 Å². The molecule has 1 rings (SSSR count). The molecule has 0 aliphatic rings. The second kappa shape index (κ2) is 4.64. The van der Waals surface area contributed by atoms with Crippen molar-refractivity contribution in [2.24, 2.45) is 0 Å². The van der Waals surface area contributed by atoms with Gasteiger partial charge in [0, 0.05) is 6.20 Å². The largest absolute Gasteiger partial charge is 0.433 e. The van der Waals surface area contributed by atoms with Crippen LogP contribution in [0.5, 0.6) is 0 Å². The molecule has 15 heavy (non-hydrogen) atoms. The molecule has 84 valence electrons. The van der Waals surface area contributed by atoms with Crippen molar-refractivity contribution < 1.29 is 13.2 Å². The molecular weight excluding hydrogens is 203 g/mol. The van der Waals surface area contributed by atoms with Crippen molar-refractivity contribution in [1.29, 1.82) is 0 Å². The Morgan fingerprint density at radius 1 is 1.20 bits per heavy atom. The molecule has 1 aromatic rings. The molecule has 0 bridgehead atoms. The molecule has 0 radical (unpaired) electrons. The van der Waals surface area contributed by atoms with E-state index in [4.69, 9.17) is 0 Å². The van der Waals surface area contributed by atoms with E-state index in [2.05, 4.69) is 4.98 Å². The highest BCUT2D eigenvalue weighted by Crippen LogP contribution is 2.29. The molecule has 0 unspecified atom stereocenters. The first-order valence-corrected chi connectivity index (χ1v) is 5.02. The lowest BCUT2D eigenvalue weighted by molar-refractivity contribution is -0.141. The quantitative estimate of drug-likeness (QED) is 0.745. The van der Waals surface area contributed by atoms with Gasteiger partial charge in [-0.1, -0.05) is 19.9 Å². The molecule has 0 spiro atoms. The van der Waals surface area contributed by atoms with Gasteiger partial charge in [0.2, 0.25) is 0 Å². The van der Waals surface area contributed by atoms with Crippen LogP contribution in [0.15, 0.2) is 18.3 Å². The van der Waals surface area contributed by atoms with Crippen LogP contribution in [0.2, 0.25) is 0 Å². The van der Waals surface area contributed by atoms with Gasteiger partial charge in [0.05, 0.1) is 0 Å². The molecule has 1 nitrogen and oxygen atoms in total. The molecule has 0 aromatic carbocycles. The second-order valence-electron chi connectivity index (χ2n) is 3.49. The van der Waals surface area contributed by atoms with Crippen molar-refractivity contribution in [1.82, 2.24) is 4.98 Å². The molecule has 0 amide bonds. The van der Waals surface area contributed by atoms with E-state index in [9.17, 15) is 13.2 Å². The maximum Gasteiger partial charge on any atom is 0.433 e. The van der Waals surface area contributed by atoms with Crippen molar-refractivity contribution in [3.05, 3.63) is 29.6 Å². The fourth-order valence-electron chi connectivity index (χ4n) is 1.57. The number of rotatable bonds is 3. The Balaban J connectivity index is 2.89. The number of hydrogen-bond acceptors (Lipinski definition) is 1. The summed E-state index contributed by atoms with van der Waals surface area (Å²) < 4.78 is 36.7. The summed E-state index contributed by atoms with van der Waals surface area (Å²) in [4.78, 5) is 3.44. The van der Waals surface area contributed by atoms with Gasteiger partial charge < -0.3 is 0 Å². The Labute approximate surface area is 87.3 Å². The Kier molecular flexibility index (Phi) is 3.72. The van der Waals surface area contributed by atoms with Gasteiger partial charge in [-0.25, -0.2) is 0 Å². The van der Waals surface area contributed by atoms with Crippen LogP contribution in [0.3, 0.4) is 0 Å². The predicted octanol–water partition coefficient (Wildman–Crippen LogP) is 4.00. The molecular formula is C11H14F3N. The molecule has 0 atom stereocenters. The van der Waals surface area contributed by atoms with Gasteiger partial charge in [-0.3, -0.25) is 4.98 Å². The standard InChI is InChI=1S/C11H14F3N/c1-3-8(4-2)9-5-6-10(15-7-9)11(12,13)14/h5-8H,3-4H2,1-2H3. The first-order chi connectivity index (χ1) is 6.99. The Bertz CT molecular complexity index is 299. The highest BCUT2D eigenvalue weighted by atomic mass is 19.4. The number of nitrogens with zero attached hydrogens (tertiary/aromatic N) is 1. The van der Waals surface area contributed by atoms with Crippen LogP contribution in [0.1, 0.15) is 43.9 Å². The number of hydrogen-bond donors (Lipinski definition) is 0. The number of pyridine rings is 1. The maximum atomic E-state index is 12.2. The molecule has 1 heterocycles. The molecule has 0 aliphatic carbocycles. The fourth-order valence-corrected chi connectivity index (χ4v) is 1.57. The highest BCUT2D eigenvalue weighted by molar-refractivity contribution is 5.19. The average Bonchev–Trinajstić information content (AvgIpc) is 2.19. The van der Waals surface area contributed by atoms with Crippen molar-refractivity contribution in [3.8, 4) is 0 Å². The average molecular weight is 217 g/mol. The van der Waals surface area contributed by atoms with E-state index in [0.29, 0.717) is 5.92 Å². The summed E-state index contributed by atoms with van der Waals surface area (Å²) in [6.45, 7) is 4.04. The summed E-state index contributed by atoms with van der Waals surface area (Å²) in [5, 5.41) is 0. The van der Waals surface area contributed by atoms with Crippen molar-refractivity contribution in [2.75, 3.05) is 0 Å². The Hall–Kier alpha value is -1.06. The van der Waals surface area contributed by atoms with E-state index < -0.39 is 11.9 Å². The summed E-state index contributed by atoms with van der Waals surface area (Å²) >= 11 is 0. The van der Waals surface area contributed by atoms with Crippen LogP contribution in [0, 0.1) is 0 Å². The summed E-state index contributed by atoms with van der Waals surface area (Å²) in [5.74, 6) is 0.305. The summed E-state index contributed by atoms with van der Waals surface area (Å²) in [5.41, 5.74) is 0.0604. The molecule has 0 fully saturated rings. The minimum atomic E-state index is -4.34. The smallest absolute Gasteiger partial charge is 0.251 e. The molecule has 0 N–H and O–H groups in total. The van der Waals surface area contributed by atoms with Crippen LogP contribution in [-0.2, 0) is 6.18 Å². The van der Waals surface area contributed by atoms with Crippen molar-refractivity contribution >= 4 is 0 Å². The summed E-state index contributed by atoms with van der Waals surface area (Å²) in [7, 11) is 0. The normalized spacial score (nSPS) is 12.1. The minimum absolute atomic E-state index is 0.305. The lowest BCUT2D eigenvalue weighted by Crippen LogP contribution is -2.08. The van der Waals surface area contributed by atoms with E-state index in [0.717, 1.165) is 24.5 Å². The van der Waals surface area contributed by atoms with Crippen molar-refractivity contribution in [3.63, 3.8) is 0 Å². The third kappa shape index (κ3) is 2.94. The van der Waals surface area contributed by atoms with Gasteiger partial charge in [-0.2, -0.15) is 13.2 Å². The fraction of sp³-hybridized carbons (Fsp3) is 0.545. The van der Waals surface area contributed by atoms with Crippen LogP contribution in [0.25, 0.3) is 0 Å². The zero-order valence-corrected chi connectivity index (χ0v) is 8.80. The molecule has 1 aromatic heterocycles.